The number of fused-ring (bicyclic) bond motifs is 3. The zero-order valence-electron chi connectivity index (χ0n) is 14.5. The highest BCUT2D eigenvalue weighted by Gasteiger charge is 2.59. The van der Waals surface area contributed by atoms with Crippen molar-refractivity contribution in [1.29, 1.82) is 0 Å². The second-order valence-corrected chi connectivity index (χ2v) is 9.18. The molecule has 3 fully saturated rings. The first-order valence-corrected chi connectivity index (χ1v) is 9.12. The van der Waals surface area contributed by atoms with E-state index < -0.39 is 11.4 Å². The van der Waals surface area contributed by atoms with Gasteiger partial charge in [0.2, 0.25) is 0 Å². The average molecular weight is 304 g/mol. The van der Waals surface area contributed by atoms with E-state index in [1.807, 2.05) is 6.92 Å². The van der Waals surface area contributed by atoms with Crippen molar-refractivity contribution in [1.82, 2.24) is 0 Å². The number of hydrogen-bond acceptors (Lipinski definition) is 1. The van der Waals surface area contributed by atoms with E-state index in [4.69, 9.17) is 0 Å². The fraction of sp³-hybridized carbons (Fsp3) is 0.850. The summed E-state index contributed by atoms with van der Waals surface area (Å²) in [6.45, 7) is 10.9. The van der Waals surface area contributed by atoms with E-state index in [0.29, 0.717) is 11.3 Å². The molecule has 3 saturated carbocycles. The summed E-state index contributed by atoms with van der Waals surface area (Å²) in [4.78, 5) is 12.0. The third kappa shape index (κ3) is 2.17. The van der Waals surface area contributed by atoms with Crippen molar-refractivity contribution in [2.75, 3.05) is 0 Å². The van der Waals surface area contributed by atoms with Gasteiger partial charge in [0.1, 0.15) is 0 Å². The summed E-state index contributed by atoms with van der Waals surface area (Å²) in [7, 11) is 0. The average Bonchev–Trinajstić information content (AvgIpc) is 2.46. The Labute approximate surface area is 135 Å². The molecule has 0 radical (unpaired) electrons. The van der Waals surface area contributed by atoms with Gasteiger partial charge >= 0.3 is 5.97 Å². The third-order valence-electron chi connectivity index (χ3n) is 7.96. The fourth-order valence-electron chi connectivity index (χ4n) is 6.56. The number of allylic oxidation sites excluding steroid dienone is 1. The number of carboxylic acid groups (broad SMARTS) is 1. The molecule has 124 valence electrons. The summed E-state index contributed by atoms with van der Waals surface area (Å²) in [6, 6.07) is 0. The van der Waals surface area contributed by atoms with Crippen LogP contribution in [0.25, 0.3) is 0 Å². The first-order valence-electron chi connectivity index (χ1n) is 9.12. The molecule has 6 atom stereocenters. The molecular formula is C20H32O2. The second-order valence-electron chi connectivity index (χ2n) is 9.18. The van der Waals surface area contributed by atoms with Gasteiger partial charge in [-0.3, -0.25) is 4.79 Å². The molecule has 2 unspecified atom stereocenters. The van der Waals surface area contributed by atoms with E-state index in [1.54, 1.807) is 0 Å². The van der Waals surface area contributed by atoms with Crippen LogP contribution in [-0.4, -0.2) is 11.1 Å². The van der Waals surface area contributed by atoms with Crippen molar-refractivity contribution in [2.45, 2.75) is 72.1 Å². The number of carboxylic acids is 1. The number of aliphatic carboxylic acids is 1. The number of carbonyl (C=O) groups is 1. The van der Waals surface area contributed by atoms with Crippen LogP contribution in [0.3, 0.4) is 0 Å². The van der Waals surface area contributed by atoms with Crippen LogP contribution < -0.4 is 0 Å². The van der Waals surface area contributed by atoms with Crippen molar-refractivity contribution < 1.29 is 9.90 Å². The first-order chi connectivity index (χ1) is 10.3. The van der Waals surface area contributed by atoms with Crippen molar-refractivity contribution in [3.63, 3.8) is 0 Å². The van der Waals surface area contributed by atoms with Gasteiger partial charge in [0.15, 0.2) is 0 Å². The van der Waals surface area contributed by atoms with Crippen LogP contribution >= 0.6 is 0 Å². The lowest BCUT2D eigenvalue weighted by atomic mass is 9.43. The topological polar surface area (TPSA) is 37.3 Å². The Kier molecular flexibility index (Phi) is 3.73. The maximum absolute atomic E-state index is 12.0. The lowest BCUT2D eigenvalue weighted by Gasteiger charge is -2.61. The predicted molar refractivity (Wildman–Crippen MR) is 89.6 cm³/mol. The van der Waals surface area contributed by atoms with Gasteiger partial charge in [-0.15, -0.1) is 6.58 Å². The highest BCUT2D eigenvalue weighted by molar-refractivity contribution is 5.75. The second kappa shape index (κ2) is 5.11. The maximum Gasteiger partial charge on any atom is 0.309 e. The van der Waals surface area contributed by atoms with Gasteiger partial charge in [-0.2, -0.15) is 0 Å². The summed E-state index contributed by atoms with van der Waals surface area (Å²) in [5.41, 5.74) is 0.0308. The van der Waals surface area contributed by atoms with Gasteiger partial charge in [-0.25, -0.2) is 0 Å². The molecule has 0 saturated heterocycles. The van der Waals surface area contributed by atoms with Gasteiger partial charge in [-0.05, 0) is 80.5 Å². The monoisotopic (exact) mass is 304 g/mol. The van der Waals surface area contributed by atoms with Gasteiger partial charge in [-0.1, -0.05) is 26.3 Å². The molecule has 0 amide bonds. The molecule has 0 aromatic carbocycles. The van der Waals surface area contributed by atoms with Crippen LogP contribution in [0.15, 0.2) is 12.7 Å². The van der Waals surface area contributed by atoms with E-state index in [1.165, 1.54) is 32.1 Å². The minimum absolute atomic E-state index is 0.233. The Bertz CT molecular complexity index is 484. The van der Waals surface area contributed by atoms with E-state index in [-0.39, 0.29) is 5.41 Å². The molecule has 0 heterocycles. The molecular weight excluding hydrogens is 272 g/mol. The van der Waals surface area contributed by atoms with Crippen molar-refractivity contribution >= 4 is 5.97 Å². The molecule has 22 heavy (non-hydrogen) atoms. The standard InChI is InChI=1S/C20H32O2/c1-5-18(2)12-9-15-14(13-18)7-8-16-19(15,3)10-6-11-20(16,4)17(21)22/h5,14-16H,1,6-13H2,2-4H3,(H,21,22)/t14?,15?,16-,18+,19-,20-/m1/s1. The molecule has 0 aliphatic heterocycles. The van der Waals surface area contributed by atoms with E-state index in [2.05, 4.69) is 26.5 Å². The quantitative estimate of drug-likeness (QED) is 0.704. The Balaban J connectivity index is 1.90. The molecule has 0 aromatic rings. The molecule has 0 aromatic heterocycles. The van der Waals surface area contributed by atoms with E-state index in [9.17, 15) is 9.90 Å². The highest BCUT2D eigenvalue weighted by Crippen LogP contribution is 2.65. The van der Waals surface area contributed by atoms with Crippen LogP contribution in [-0.2, 0) is 4.79 Å². The third-order valence-corrected chi connectivity index (χ3v) is 7.96. The SMILES string of the molecule is C=C[C@@]1(C)CCC2C(CC[C@H]3[C@](C)(C(=O)O)CCC[C@]23C)C1. The van der Waals surface area contributed by atoms with Crippen molar-refractivity contribution in [3.8, 4) is 0 Å². The molecule has 3 aliphatic carbocycles. The molecule has 2 heteroatoms. The Morgan fingerprint density at radius 3 is 2.50 bits per heavy atom. The van der Waals surface area contributed by atoms with E-state index in [0.717, 1.165) is 31.1 Å². The first kappa shape index (κ1) is 16.1. The smallest absolute Gasteiger partial charge is 0.309 e. The largest absolute Gasteiger partial charge is 0.481 e. The van der Waals surface area contributed by atoms with Gasteiger partial charge < -0.3 is 5.11 Å². The molecule has 3 rings (SSSR count). The summed E-state index contributed by atoms with van der Waals surface area (Å²) in [6.07, 6.45) is 11.4. The number of rotatable bonds is 2. The van der Waals surface area contributed by atoms with Crippen molar-refractivity contribution in [3.05, 3.63) is 12.7 Å². The minimum Gasteiger partial charge on any atom is -0.481 e. The summed E-state index contributed by atoms with van der Waals surface area (Å²) >= 11 is 0. The molecule has 2 nitrogen and oxygen atoms in total. The lowest BCUT2D eigenvalue weighted by molar-refractivity contribution is -0.173. The van der Waals surface area contributed by atoms with E-state index >= 15 is 0 Å². The van der Waals surface area contributed by atoms with Crippen LogP contribution in [0.1, 0.15) is 72.1 Å². The summed E-state index contributed by atoms with van der Waals surface area (Å²) in [5.74, 6) is 1.29. The molecule has 0 spiro atoms. The lowest BCUT2D eigenvalue weighted by Crippen LogP contribution is -2.56. The summed E-state index contributed by atoms with van der Waals surface area (Å²) < 4.78 is 0. The predicted octanol–water partition coefficient (Wildman–Crippen LogP) is 5.29. The number of hydrogen-bond donors (Lipinski definition) is 1. The van der Waals surface area contributed by atoms with Crippen molar-refractivity contribution in [2.24, 2.45) is 34.0 Å². The van der Waals surface area contributed by atoms with Gasteiger partial charge in [0.25, 0.3) is 0 Å². The van der Waals surface area contributed by atoms with Crippen LogP contribution in [0.5, 0.6) is 0 Å². The molecule has 1 N–H and O–H groups in total. The normalized spacial score (nSPS) is 51.5. The zero-order chi connectivity index (χ0) is 16.2. The highest BCUT2D eigenvalue weighted by atomic mass is 16.4. The Morgan fingerprint density at radius 1 is 1.14 bits per heavy atom. The van der Waals surface area contributed by atoms with Gasteiger partial charge in [0, 0.05) is 0 Å². The molecule has 3 aliphatic rings. The van der Waals surface area contributed by atoms with Crippen LogP contribution in [0, 0.1) is 34.0 Å². The fourth-order valence-corrected chi connectivity index (χ4v) is 6.56. The Hall–Kier alpha value is -0.790. The maximum atomic E-state index is 12.0. The summed E-state index contributed by atoms with van der Waals surface area (Å²) in [5, 5.41) is 9.85. The minimum atomic E-state index is -0.561. The van der Waals surface area contributed by atoms with Crippen LogP contribution in [0.4, 0.5) is 0 Å². The Morgan fingerprint density at radius 2 is 1.86 bits per heavy atom. The molecule has 0 bridgehead atoms. The zero-order valence-corrected chi connectivity index (χ0v) is 14.5. The van der Waals surface area contributed by atoms with Gasteiger partial charge in [0.05, 0.1) is 5.41 Å². The van der Waals surface area contributed by atoms with Crippen LogP contribution in [0.2, 0.25) is 0 Å².